The highest BCUT2D eigenvalue weighted by Crippen LogP contribution is 2.13. The number of amides is 1. The van der Waals surface area contributed by atoms with Crippen molar-refractivity contribution in [1.29, 1.82) is 0 Å². The van der Waals surface area contributed by atoms with Gasteiger partial charge in [-0.25, -0.2) is 0 Å². The Bertz CT molecular complexity index is 809. The summed E-state index contributed by atoms with van der Waals surface area (Å²) in [6, 6.07) is 7.59. The second-order valence-electron chi connectivity index (χ2n) is 6.30. The molecule has 0 spiro atoms. The second-order valence-corrected chi connectivity index (χ2v) is 6.73. The fourth-order valence-electron chi connectivity index (χ4n) is 3.04. The van der Waals surface area contributed by atoms with Crippen molar-refractivity contribution in [2.45, 2.75) is 26.6 Å². The van der Waals surface area contributed by atoms with Crippen molar-refractivity contribution in [1.82, 2.24) is 29.9 Å². The summed E-state index contributed by atoms with van der Waals surface area (Å²) in [4.78, 5) is 20.7. The van der Waals surface area contributed by atoms with Gasteiger partial charge in [-0.2, -0.15) is 0 Å². The average Bonchev–Trinajstić information content (AvgIpc) is 3.13. The third-order valence-electron chi connectivity index (χ3n) is 4.56. The Balaban J connectivity index is 0.00000280. The van der Waals surface area contributed by atoms with Gasteiger partial charge in [0, 0.05) is 38.2 Å². The van der Waals surface area contributed by atoms with Gasteiger partial charge in [0.15, 0.2) is 11.8 Å². The number of aromatic nitrogens is 3. The lowest BCUT2D eigenvalue weighted by molar-refractivity contribution is -0.135. The molecule has 152 valence electrons. The highest BCUT2D eigenvalue weighted by molar-refractivity contribution is 14.0. The van der Waals surface area contributed by atoms with Crippen LogP contribution in [0.2, 0.25) is 5.02 Å². The fourth-order valence-corrected chi connectivity index (χ4v) is 3.16. The molecular weight excluding hydrogens is 493 g/mol. The van der Waals surface area contributed by atoms with Crippen molar-refractivity contribution >= 4 is 47.4 Å². The summed E-state index contributed by atoms with van der Waals surface area (Å²) < 4.78 is 1.97. The van der Waals surface area contributed by atoms with Crippen LogP contribution in [0.25, 0.3) is 0 Å². The minimum absolute atomic E-state index is 0. The molecule has 10 heteroatoms. The quantitative estimate of drug-likeness (QED) is 0.373. The Morgan fingerprint density at radius 2 is 2.04 bits per heavy atom. The number of piperazine rings is 1. The van der Waals surface area contributed by atoms with E-state index in [0.717, 1.165) is 24.5 Å². The van der Waals surface area contributed by atoms with Gasteiger partial charge in [-0.1, -0.05) is 23.7 Å². The molecule has 1 N–H and O–H groups in total. The van der Waals surface area contributed by atoms with Crippen LogP contribution >= 0.6 is 35.6 Å². The Labute approximate surface area is 187 Å². The van der Waals surface area contributed by atoms with Crippen LogP contribution in [0, 0.1) is 0 Å². The van der Waals surface area contributed by atoms with E-state index in [1.54, 1.807) is 13.4 Å². The van der Waals surface area contributed by atoms with Crippen LogP contribution in [0.4, 0.5) is 0 Å². The minimum Gasteiger partial charge on any atom is -0.349 e. The lowest BCUT2D eigenvalue weighted by Gasteiger charge is -2.36. The first-order valence-electron chi connectivity index (χ1n) is 8.95. The number of halogens is 2. The predicted octanol–water partition coefficient (Wildman–Crippen LogP) is 1.99. The van der Waals surface area contributed by atoms with E-state index < -0.39 is 0 Å². The zero-order valence-corrected chi connectivity index (χ0v) is 19.1. The van der Waals surface area contributed by atoms with E-state index in [0.29, 0.717) is 37.2 Å². The number of carbonyl (C=O) groups is 1. The topological polar surface area (TPSA) is 78.7 Å². The summed E-state index contributed by atoms with van der Waals surface area (Å²) in [5.41, 5.74) is 1.07. The van der Waals surface area contributed by atoms with E-state index >= 15 is 0 Å². The number of benzene rings is 1. The normalized spacial score (nSPS) is 14.8. The number of rotatable bonds is 5. The zero-order chi connectivity index (χ0) is 19.2. The Kier molecular flexibility index (Phi) is 8.49. The van der Waals surface area contributed by atoms with E-state index in [2.05, 4.69) is 20.5 Å². The van der Waals surface area contributed by atoms with Crippen LogP contribution in [0.3, 0.4) is 0 Å². The van der Waals surface area contributed by atoms with Crippen molar-refractivity contribution < 1.29 is 4.79 Å². The molecule has 1 aliphatic rings. The number of guanidine groups is 1. The summed E-state index contributed by atoms with van der Waals surface area (Å²) in [6.07, 6.45) is 1.71. The molecular formula is C18H25ClIN7O. The molecule has 8 nitrogen and oxygen atoms in total. The maximum absolute atomic E-state index is 12.6. The van der Waals surface area contributed by atoms with Crippen LogP contribution in [0.15, 0.2) is 35.6 Å². The summed E-state index contributed by atoms with van der Waals surface area (Å²) in [6.45, 7) is 5.63. The highest BCUT2D eigenvalue weighted by atomic mass is 127. The molecule has 0 bridgehead atoms. The Morgan fingerprint density at radius 3 is 2.68 bits per heavy atom. The molecule has 0 unspecified atom stereocenters. The van der Waals surface area contributed by atoms with Crippen molar-refractivity contribution in [2.24, 2.45) is 4.99 Å². The minimum atomic E-state index is 0. The molecule has 1 aromatic carbocycles. The lowest BCUT2D eigenvalue weighted by Crippen LogP contribution is -2.54. The van der Waals surface area contributed by atoms with E-state index in [9.17, 15) is 4.79 Å². The van der Waals surface area contributed by atoms with Crippen LogP contribution < -0.4 is 5.32 Å². The molecule has 0 saturated carbocycles. The van der Waals surface area contributed by atoms with Gasteiger partial charge in [0.25, 0.3) is 0 Å². The molecule has 2 heterocycles. The molecule has 1 aliphatic heterocycles. The van der Waals surface area contributed by atoms with Crippen LogP contribution in [-0.2, 0) is 24.4 Å². The maximum Gasteiger partial charge on any atom is 0.242 e. The van der Waals surface area contributed by atoms with Crippen LogP contribution in [-0.4, -0.2) is 63.1 Å². The number of hydrogen-bond donors (Lipinski definition) is 1. The smallest absolute Gasteiger partial charge is 0.242 e. The third kappa shape index (κ3) is 5.57. The van der Waals surface area contributed by atoms with Gasteiger partial charge in [0.1, 0.15) is 6.33 Å². The first-order valence-corrected chi connectivity index (χ1v) is 9.33. The molecule has 0 atom stereocenters. The molecule has 1 amide bonds. The molecule has 0 radical (unpaired) electrons. The van der Waals surface area contributed by atoms with Crippen LogP contribution in [0.5, 0.6) is 0 Å². The van der Waals surface area contributed by atoms with Gasteiger partial charge in [0.2, 0.25) is 5.91 Å². The number of hydrogen-bond acceptors (Lipinski definition) is 4. The van der Waals surface area contributed by atoms with E-state index in [1.807, 2.05) is 45.6 Å². The van der Waals surface area contributed by atoms with Gasteiger partial charge in [-0.3, -0.25) is 9.79 Å². The highest BCUT2D eigenvalue weighted by Gasteiger charge is 2.26. The monoisotopic (exact) mass is 517 g/mol. The van der Waals surface area contributed by atoms with Crippen molar-refractivity contribution in [3.63, 3.8) is 0 Å². The molecule has 1 aromatic heterocycles. The Morgan fingerprint density at radius 1 is 1.29 bits per heavy atom. The van der Waals surface area contributed by atoms with E-state index in [4.69, 9.17) is 11.6 Å². The summed E-state index contributed by atoms with van der Waals surface area (Å²) in [5, 5.41) is 12.0. The molecule has 3 rings (SSSR count). The number of aryl methyl sites for hydroxylation is 1. The number of nitrogens with one attached hydrogen (secondary N) is 1. The summed E-state index contributed by atoms with van der Waals surface area (Å²) in [5.74, 6) is 1.61. The van der Waals surface area contributed by atoms with E-state index in [1.165, 1.54) is 0 Å². The van der Waals surface area contributed by atoms with Crippen molar-refractivity contribution in [2.75, 3.05) is 26.7 Å². The largest absolute Gasteiger partial charge is 0.349 e. The molecule has 28 heavy (non-hydrogen) atoms. The van der Waals surface area contributed by atoms with Crippen molar-refractivity contribution in [3.05, 3.63) is 47.0 Å². The van der Waals surface area contributed by atoms with Gasteiger partial charge in [0.05, 0.1) is 13.1 Å². The van der Waals surface area contributed by atoms with E-state index in [-0.39, 0.29) is 29.9 Å². The molecule has 2 aromatic rings. The molecule has 1 saturated heterocycles. The first kappa shape index (κ1) is 22.4. The number of nitrogens with zero attached hydrogens (tertiary/aromatic N) is 6. The fraction of sp³-hybridized carbons (Fsp3) is 0.444. The van der Waals surface area contributed by atoms with Gasteiger partial charge < -0.3 is 19.7 Å². The summed E-state index contributed by atoms with van der Waals surface area (Å²) >= 11 is 5.92. The SMILES string of the molecule is CCn1cnnc1CNC(=NC)N1CCN(Cc2ccc(Cl)cc2)C(=O)C1.I. The third-order valence-corrected chi connectivity index (χ3v) is 4.81. The molecule has 1 fully saturated rings. The summed E-state index contributed by atoms with van der Waals surface area (Å²) in [7, 11) is 1.72. The van der Waals surface area contributed by atoms with Gasteiger partial charge >= 0.3 is 0 Å². The van der Waals surface area contributed by atoms with Crippen LogP contribution in [0.1, 0.15) is 18.3 Å². The van der Waals surface area contributed by atoms with Gasteiger partial charge in [-0.05, 0) is 24.6 Å². The standard InChI is InChI=1S/C18H24ClN7O.HI/c1-3-24-13-22-23-16(24)10-21-18(20-2)26-9-8-25(17(27)12-26)11-14-4-6-15(19)7-5-14;/h4-7,13H,3,8-12H2,1-2H3,(H,20,21);1H. The van der Waals surface area contributed by atoms with Crippen molar-refractivity contribution in [3.8, 4) is 0 Å². The maximum atomic E-state index is 12.6. The first-order chi connectivity index (χ1) is 13.1. The predicted molar refractivity (Wildman–Crippen MR) is 120 cm³/mol. The number of carbonyl (C=O) groups excluding carboxylic acids is 1. The average molecular weight is 518 g/mol. The Hall–Kier alpha value is -1.88. The lowest BCUT2D eigenvalue weighted by atomic mass is 10.2. The zero-order valence-electron chi connectivity index (χ0n) is 16.0. The second kappa shape index (κ2) is 10.6. The number of aliphatic imine (C=N–C) groups is 1. The molecule has 0 aliphatic carbocycles. The van der Waals surface area contributed by atoms with Gasteiger partial charge in [-0.15, -0.1) is 34.2 Å².